The van der Waals surface area contributed by atoms with E-state index in [1.54, 1.807) is 12.4 Å². The molecule has 6 heteroatoms. The first kappa shape index (κ1) is 16.7. The number of hydrogen-bond acceptors (Lipinski definition) is 4. The van der Waals surface area contributed by atoms with Crippen LogP contribution in [-0.2, 0) is 0 Å². The van der Waals surface area contributed by atoms with Crippen molar-refractivity contribution in [2.75, 3.05) is 5.32 Å². The van der Waals surface area contributed by atoms with E-state index in [0.29, 0.717) is 0 Å². The molecule has 1 aliphatic heterocycles. The van der Waals surface area contributed by atoms with E-state index in [9.17, 15) is 0 Å². The molecule has 0 amide bonds. The maximum atomic E-state index is 4.63. The molecule has 0 unspecified atom stereocenters. The van der Waals surface area contributed by atoms with Gasteiger partial charge in [0.15, 0.2) is 0 Å². The van der Waals surface area contributed by atoms with Gasteiger partial charge in [-0.15, -0.1) is 0 Å². The zero-order valence-corrected chi connectivity index (χ0v) is 16.3. The molecule has 30 heavy (non-hydrogen) atoms. The van der Waals surface area contributed by atoms with Crippen molar-refractivity contribution in [2.45, 2.75) is 6.92 Å². The average molecular weight is 390 g/mol. The fourth-order valence-electron chi connectivity index (χ4n) is 4.10. The third-order valence-electron chi connectivity index (χ3n) is 5.45. The molecule has 1 N–H and O–H groups in total. The maximum Gasteiger partial charge on any atom is 0.139 e. The Morgan fingerprint density at radius 3 is 2.67 bits per heavy atom. The largest absolute Gasteiger partial charge is 0.360 e. The number of nitrogens with one attached hydrogen (secondary N) is 1. The summed E-state index contributed by atoms with van der Waals surface area (Å²) in [6.45, 7) is 2.01. The van der Waals surface area contributed by atoms with Crippen molar-refractivity contribution in [1.82, 2.24) is 24.1 Å². The van der Waals surface area contributed by atoms with Gasteiger partial charge in [-0.05, 0) is 43.3 Å². The smallest absolute Gasteiger partial charge is 0.139 e. The third kappa shape index (κ3) is 2.47. The van der Waals surface area contributed by atoms with Crippen molar-refractivity contribution in [3.8, 4) is 22.6 Å². The minimum Gasteiger partial charge on any atom is -0.360 e. The molecule has 6 rings (SSSR count). The standard InChI is InChI=1S/C24H18N6/c1-16-28-20-14-25-12-10-22(20)29(16)18-8-6-17(7-9-18)23-15-27-24-11-13-26-19-4-2-3-5-21(19)30(23)24/h2-15,26H,1H3. The fourth-order valence-corrected chi connectivity index (χ4v) is 4.10. The van der Waals surface area contributed by atoms with Crippen molar-refractivity contribution in [3.05, 3.63) is 91.0 Å². The van der Waals surface area contributed by atoms with E-state index in [1.807, 2.05) is 43.6 Å². The Bertz CT molecular complexity index is 1420. The summed E-state index contributed by atoms with van der Waals surface area (Å²) in [6.07, 6.45) is 9.45. The highest BCUT2D eigenvalue weighted by Gasteiger charge is 2.17. The Morgan fingerprint density at radius 2 is 1.77 bits per heavy atom. The van der Waals surface area contributed by atoms with Crippen LogP contribution in [0.15, 0.2) is 79.4 Å². The van der Waals surface area contributed by atoms with Crippen LogP contribution in [0.4, 0.5) is 5.69 Å². The number of para-hydroxylation sites is 2. The number of imidazole rings is 2. The zero-order chi connectivity index (χ0) is 20.1. The molecular weight excluding hydrogens is 372 g/mol. The molecule has 0 radical (unpaired) electrons. The van der Waals surface area contributed by atoms with E-state index in [2.05, 4.69) is 65.8 Å². The molecule has 6 nitrogen and oxygen atoms in total. The first-order valence-electron chi connectivity index (χ1n) is 9.80. The Balaban J connectivity index is 1.47. The maximum absolute atomic E-state index is 4.63. The summed E-state index contributed by atoms with van der Waals surface area (Å²) in [6, 6.07) is 18.8. The molecule has 0 atom stereocenters. The molecule has 0 aliphatic carbocycles. The van der Waals surface area contributed by atoms with Crippen molar-refractivity contribution in [1.29, 1.82) is 0 Å². The Labute approximate surface area is 173 Å². The van der Waals surface area contributed by atoms with Crippen molar-refractivity contribution in [2.24, 2.45) is 0 Å². The third-order valence-corrected chi connectivity index (χ3v) is 5.45. The molecular formula is C24H18N6. The molecule has 2 aromatic carbocycles. The van der Waals surface area contributed by atoms with Crippen LogP contribution in [0.5, 0.6) is 0 Å². The van der Waals surface area contributed by atoms with Crippen LogP contribution in [0.1, 0.15) is 11.6 Å². The van der Waals surface area contributed by atoms with Crippen molar-refractivity contribution >= 4 is 22.8 Å². The van der Waals surface area contributed by atoms with E-state index in [0.717, 1.165) is 51.0 Å². The predicted octanol–water partition coefficient (Wildman–Crippen LogP) is 4.98. The van der Waals surface area contributed by atoms with E-state index in [-0.39, 0.29) is 0 Å². The summed E-state index contributed by atoms with van der Waals surface area (Å²) in [4.78, 5) is 13.4. The van der Waals surface area contributed by atoms with Gasteiger partial charge in [0.1, 0.15) is 17.2 Å². The van der Waals surface area contributed by atoms with Gasteiger partial charge in [-0.3, -0.25) is 14.1 Å². The molecule has 1 aliphatic rings. The number of aromatic nitrogens is 5. The second-order valence-electron chi connectivity index (χ2n) is 7.24. The van der Waals surface area contributed by atoms with E-state index >= 15 is 0 Å². The number of anilines is 1. The van der Waals surface area contributed by atoms with Crippen molar-refractivity contribution in [3.63, 3.8) is 0 Å². The monoisotopic (exact) mass is 390 g/mol. The SMILES string of the molecule is Cc1nc2cnccc2n1-c1ccc(-c2cnc3n2-c2ccccc2NC=C3)cc1. The number of hydrogen-bond donors (Lipinski definition) is 1. The molecule has 0 saturated heterocycles. The predicted molar refractivity (Wildman–Crippen MR) is 119 cm³/mol. The van der Waals surface area contributed by atoms with Crippen LogP contribution >= 0.6 is 0 Å². The summed E-state index contributed by atoms with van der Waals surface area (Å²) in [7, 11) is 0. The number of nitrogens with zero attached hydrogens (tertiary/aromatic N) is 5. The fraction of sp³-hybridized carbons (Fsp3) is 0.0417. The zero-order valence-electron chi connectivity index (χ0n) is 16.3. The van der Waals surface area contributed by atoms with Crippen LogP contribution in [0.25, 0.3) is 39.7 Å². The highest BCUT2D eigenvalue weighted by molar-refractivity contribution is 5.78. The van der Waals surface area contributed by atoms with E-state index in [1.165, 1.54) is 0 Å². The molecule has 0 spiro atoms. The second kappa shape index (κ2) is 6.42. The van der Waals surface area contributed by atoms with Crippen LogP contribution in [0.3, 0.4) is 0 Å². The molecule has 0 saturated carbocycles. The topological polar surface area (TPSA) is 60.6 Å². The first-order chi connectivity index (χ1) is 14.8. The quantitative estimate of drug-likeness (QED) is 0.462. The van der Waals surface area contributed by atoms with Crippen LogP contribution in [0.2, 0.25) is 0 Å². The van der Waals surface area contributed by atoms with E-state index in [4.69, 9.17) is 0 Å². The number of fused-ring (bicyclic) bond motifs is 4. The van der Waals surface area contributed by atoms with Gasteiger partial charge in [-0.2, -0.15) is 0 Å². The van der Waals surface area contributed by atoms with Crippen LogP contribution in [-0.4, -0.2) is 24.1 Å². The Hall–Kier alpha value is -4.19. The van der Waals surface area contributed by atoms with Crippen molar-refractivity contribution < 1.29 is 0 Å². The highest BCUT2D eigenvalue weighted by atomic mass is 15.1. The Morgan fingerprint density at radius 1 is 0.900 bits per heavy atom. The van der Waals surface area contributed by atoms with Gasteiger partial charge in [-0.1, -0.05) is 24.3 Å². The van der Waals surface area contributed by atoms with Crippen LogP contribution < -0.4 is 5.32 Å². The van der Waals surface area contributed by atoms with Gasteiger partial charge in [-0.25, -0.2) is 9.97 Å². The molecule has 3 aromatic heterocycles. The minimum atomic E-state index is 0.899. The minimum absolute atomic E-state index is 0.899. The Kier molecular flexibility index (Phi) is 3.58. The number of benzene rings is 2. The lowest BCUT2D eigenvalue weighted by Gasteiger charge is -2.14. The lowest BCUT2D eigenvalue weighted by atomic mass is 10.1. The molecule has 144 valence electrons. The number of pyridine rings is 1. The lowest BCUT2D eigenvalue weighted by Crippen LogP contribution is -2.01. The van der Waals surface area contributed by atoms with E-state index < -0.39 is 0 Å². The van der Waals surface area contributed by atoms with Crippen LogP contribution in [0, 0.1) is 6.92 Å². The first-order valence-corrected chi connectivity index (χ1v) is 9.80. The summed E-state index contributed by atoms with van der Waals surface area (Å²) >= 11 is 0. The molecule has 0 bridgehead atoms. The number of aryl methyl sites for hydroxylation is 1. The normalized spacial score (nSPS) is 12.3. The molecule has 5 aromatic rings. The molecule has 0 fully saturated rings. The van der Waals surface area contributed by atoms with Gasteiger partial charge in [0, 0.05) is 23.6 Å². The second-order valence-corrected chi connectivity index (χ2v) is 7.24. The average Bonchev–Trinajstić information content (AvgIpc) is 3.29. The summed E-state index contributed by atoms with van der Waals surface area (Å²) in [5, 5.41) is 3.33. The highest BCUT2D eigenvalue weighted by Crippen LogP contribution is 2.32. The molecule has 4 heterocycles. The summed E-state index contributed by atoms with van der Waals surface area (Å²) < 4.78 is 4.34. The number of rotatable bonds is 2. The van der Waals surface area contributed by atoms with Gasteiger partial charge in [0.25, 0.3) is 0 Å². The van der Waals surface area contributed by atoms with Gasteiger partial charge < -0.3 is 5.32 Å². The lowest BCUT2D eigenvalue weighted by molar-refractivity contribution is 1.00. The van der Waals surface area contributed by atoms with Gasteiger partial charge in [0.2, 0.25) is 0 Å². The summed E-state index contributed by atoms with van der Waals surface area (Å²) in [5.74, 6) is 1.84. The summed E-state index contributed by atoms with van der Waals surface area (Å²) in [5.41, 5.74) is 7.31. The van der Waals surface area contributed by atoms with Gasteiger partial charge in [0.05, 0.1) is 35.0 Å². The van der Waals surface area contributed by atoms with Gasteiger partial charge >= 0.3 is 0 Å².